The van der Waals surface area contributed by atoms with E-state index in [0.717, 1.165) is 58.1 Å². The fraction of sp³-hybridized carbons (Fsp3) is 0.353. The molecule has 2 N–H and O–H groups in total. The third kappa shape index (κ3) is 5.84. The van der Waals surface area contributed by atoms with E-state index < -0.39 is 0 Å². The number of rotatable bonds is 6. The average molecular weight is 578 g/mol. The molecule has 9 heteroatoms. The largest absolute Gasteiger partial charge is 0.484 e. The Morgan fingerprint density at radius 2 is 1.72 bits per heavy atom. The van der Waals surface area contributed by atoms with E-state index in [1.807, 2.05) is 65.2 Å². The third-order valence-corrected chi connectivity index (χ3v) is 7.94. The summed E-state index contributed by atoms with van der Waals surface area (Å²) in [5, 5.41) is 19.7. The number of hydrogen-bond acceptors (Lipinski definition) is 5. The molecule has 3 heterocycles. The van der Waals surface area contributed by atoms with Crippen LogP contribution in [0.3, 0.4) is 0 Å². The van der Waals surface area contributed by atoms with Gasteiger partial charge in [0, 0.05) is 17.4 Å². The van der Waals surface area contributed by atoms with Crippen molar-refractivity contribution in [1.82, 2.24) is 29.7 Å². The highest BCUT2D eigenvalue weighted by molar-refractivity contribution is 5.89. The highest BCUT2D eigenvalue weighted by Crippen LogP contribution is 2.39. The Bertz CT molecular complexity index is 1760. The summed E-state index contributed by atoms with van der Waals surface area (Å²) in [4.78, 5) is 13.4. The molecule has 0 spiro atoms. The van der Waals surface area contributed by atoms with E-state index in [1.54, 1.807) is 4.68 Å². The molecular formula is C34H39N7O2. The van der Waals surface area contributed by atoms with E-state index in [4.69, 9.17) is 9.84 Å². The van der Waals surface area contributed by atoms with Crippen molar-refractivity contribution >= 4 is 17.5 Å². The van der Waals surface area contributed by atoms with Crippen molar-refractivity contribution in [1.29, 1.82) is 0 Å². The van der Waals surface area contributed by atoms with Crippen LogP contribution >= 0.6 is 0 Å². The predicted molar refractivity (Wildman–Crippen MR) is 168 cm³/mol. The number of carbonyl (C=O) groups is 1. The van der Waals surface area contributed by atoms with Crippen molar-refractivity contribution in [3.05, 3.63) is 101 Å². The first kappa shape index (κ1) is 28.5. The smallest absolute Gasteiger partial charge is 0.320 e. The molecule has 0 saturated heterocycles. The first-order chi connectivity index (χ1) is 20.6. The molecule has 1 aliphatic rings. The van der Waals surface area contributed by atoms with Crippen molar-refractivity contribution in [3.63, 3.8) is 0 Å². The second-order valence-corrected chi connectivity index (χ2v) is 12.7. The van der Waals surface area contributed by atoms with Crippen molar-refractivity contribution in [2.45, 2.75) is 77.9 Å². The number of ether oxygens (including phenoxy) is 1. The second-order valence-electron chi connectivity index (χ2n) is 12.7. The van der Waals surface area contributed by atoms with Gasteiger partial charge in [-0.2, -0.15) is 5.10 Å². The third-order valence-electron chi connectivity index (χ3n) is 7.94. The minimum atomic E-state index is -0.271. The van der Waals surface area contributed by atoms with Crippen molar-refractivity contribution < 1.29 is 9.53 Å². The topological polar surface area (TPSA) is 98.4 Å². The SMILES string of the molecule is Cc1ccc(-n2nc(C(C)(C)C)cc2NC(=O)N[C@@H]2CCC(Oc3ccc4nnc(C(C)C)n4c3)c3ccccc32)cc1. The molecule has 9 nitrogen and oxygen atoms in total. The molecule has 1 aliphatic carbocycles. The number of fused-ring (bicyclic) bond motifs is 2. The van der Waals surface area contributed by atoms with Gasteiger partial charge in [-0.25, -0.2) is 9.48 Å². The number of hydrogen-bond donors (Lipinski definition) is 2. The van der Waals surface area contributed by atoms with E-state index in [-0.39, 0.29) is 29.5 Å². The van der Waals surface area contributed by atoms with Crippen LogP contribution in [0.1, 0.15) is 93.7 Å². The lowest BCUT2D eigenvalue weighted by molar-refractivity contribution is 0.171. The monoisotopic (exact) mass is 577 g/mol. The maximum Gasteiger partial charge on any atom is 0.320 e. The predicted octanol–water partition coefficient (Wildman–Crippen LogP) is 7.42. The summed E-state index contributed by atoms with van der Waals surface area (Å²) in [5.41, 5.74) is 5.72. The van der Waals surface area contributed by atoms with Crippen LogP contribution in [-0.4, -0.2) is 30.4 Å². The fourth-order valence-electron chi connectivity index (χ4n) is 5.57. The Labute approximate surface area is 252 Å². The minimum Gasteiger partial charge on any atom is -0.484 e. The standard InChI is InChI=1S/C34H39N7O2/c1-21(2)32-38-37-30-18-15-24(20-40(30)32)43-28-17-16-27(25-9-7-8-10-26(25)28)35-33(42)36-31-19-29(34(4,5)6)39-41(31)23-13-11-22(3)12-14-23/h7-15,18-21,27-28H,16-17H2,1-6H3,(H2,35,36,42)/t27-,28?/m1/s1. The van der Waals surface area contributed by atoms with Gasteiger partial charge in [0.1, 0.15) is 23.5 Å². The van der Waals surface area contributed by atoms with Crippen molar-refractivity contribution in [2.24, 2.45) is 0 Å². The molecule has 5 aromatic rings. The summed E-state index contributed by atoms with van der Waals surface area (Å²) >= 11 is 0. The van der Waals surface area contributed by atoms with Crippen LogP contribution in [0.4, 0.5) is 10.6 Å². The first-order valence-corrected chi connectivity index (χ1v) is 14.9. The van der Waals surface area contributed by atoms with Gasteiger partial charge in [0.15, 0.2) is 5.65 Å². The molecule has 2 atom stereocenters. The normalized spacial score (nSPS) is 16.7. The molecule has 2 aromatic carbocycles. The van der Waals surface area contributed by atoms with E-state index in [9.17, 15) is 4.79 Å². The van der Waals surface area contributed by atoms with Gasteiger partial charge in [0.05, 0.1) is 23.6 Å². The second kappa shape index (κ2) is 11.2. The lowest BCUT2D eigenvalue weighted by Crippen LogP contribution is -2.36. The summed E-state index contributed by atoms with van der Waals surface area (Å²) in [6.45, 7) is 12.6. The first-order valence-electron chi connectivity index (χ1n) is 14.9. The molecule has 43 heavy (non-hydrogen) atoms. The zero-order valence-corrected chi connectivity index (χ0v) is 25.6. The molecule has 222 valence electrons. The molecular weight excluding hydrogens is 538 g/mol. The van der Waals surface area contributed by atoms with E-state index in [2.05, 4.69) is 74.5 Å². The van der Waals surface area contributed by atoms with Gasteiger partial charge in [-0.15, -0.1) is 10.2 Å². The number of aryl methyl sites for hydroxylation is 1. The van der Waals surface area contributed by atoms with Gasteiger partial charge in [-0.3, -0.25) is 9.72 Å². The lowest BCUT2D eigenvalue weighted by atomic mass is 9.85. The minimum absolute atomic E-state index is 0.133. The maximum absolute atomic E-state index is 13.4. The molecule has 0 bridgehead atoms. The number of carbonyl (C=O) groups excluding carboxylic acids is 1. The molecule has 3 aromatic heterocycles. The molecule has 6 rings (SSSR count). The Morgan fingerprint density at radius 3 is 2.44 bits per heavy atom. The summed E-state index contributed by atoms with van der Waals surface area (Å²) < 4.78 is 10.3. The number of aromatic nitrogens is 5. The number of amides is 2. The van der Waals surface area contributed by atoms with Crippen molar-refractivity contribution in [2.75, 3.05) is 5.32 Å². The number of benzene rings is 2. The number of urea groups is 1. The zero-order chi connectivity index (χ0) is 30.3. The molecule has 0 fully saturated rings. The summed E-state index contributed by atoms with van der Waals surface area (Å²) in [7, 11) is 0. The van der Waals surface area contributed by atoms with Crippen molar-refractivity contribution in [3.8, 4) is 11.4 Å². The molecule has 1 unspecified atom stereocenters. The number of nitrogens with one attached hydrogen (secondary N) is 2. The van der Waals surface area contributed by atoms with Gasteiger partial charge in [0.2, 0.25) is 0 Å². The molecule has 2 amide bonds. The van der Waals surface area contributed by atoms with Gasteiger partial charge < -0.3 is 10.1 Å². The molecule has 0 aliphatic heterocycles. The van der Waals surface area contributed by atoms with Crippen LogP contribution in [0, 0.1) is 6.92 Å². The Morgan fingerprint density at radius 1 is 0.977 bits per heavy atom. The molecule has 0 radical (unpaired) electrons. The summed E-state index contributed by atoms with van der Waals surface area (Å²) in [6, 6.07) is 21.7. The van der Waals surface area contributed by atoms with Gasteiger partial charge in [-0.05, 0) is 55.2 Å². The van der Waals surface area contributed by atoms with E-state index in [0.29, 0.717) is 5.82 Å². The van der Waals surface area contributed by atoms with Crippen LogP contribution in [-0.2, 0) is 5.41 Å². The summed E-state index contributed by atoms with van der Waals surface area (Å²) in [6.07, 6.45) is 3.33. The Kier molecular flexibility index (Phi) is 7.42. The van der Waals surface area contributed by atoms with Crippen LogP contribution in [0.2, 0.25) is 0 Å². The lowest BCUT2D eigenvalue weighted by Gasteiger charge is -2.32. The van der Waals surface area contributed by atoms with Crippen LogP contribution in [0.5, 0.6) is 5.75 Å². The molecule has 0 saturated carbocycles. The van der Waals surface area contributed by atoms with Crippen LogP contribution in [0.25, 0.3) is 11.3 Å². The Balaban J connectivity index is 1.21. The van der Waals surface area contributed by atoms with Gasteiger partial charge in [-0.1, -0.05) is 76.6 Å². The number of anilines is 1. The van der Waals surface area contributed by atoms with Gasteiger partial charge >= 0.3 is 6.03 Å². The number of nitrogens with zero attached hydrogens (tertiary/aromatic N) is 5. The number of pyridine rings is 1. The highest BCUT2D eigenvalue weighted by atomic mass is 16.5. The fourth-order valence-corrected chi connectivity index (χ4v) is 5.57. The maximum atomic E-state index is 13.4. The van der Waals surface area contributed by atoms with Crippen LogP contribution in [0.15, 0.2) is 72.9 Å². The van der Waals surface area contributed by atoms with Crippen LogP contribution < -0.4 is 15.4 Å². The summed E-state index contributed by atoms with van der Waals surface area (Å²) in [5.74, 6) is 2.53. The average Bonchev–Trinajstić information content (AvgIpc) is 3.59. The highest BCUT2D eigenvalue weighted by Gasteiger charge is 2.30. The van der Waals surface area contributed by atoms with E-state index >= 15 is 0 Å². The quantitative estimate of drug-likeness (QED) is 0.219. The Hall–Kier alpha value is -4.66. The van der Waals surface area contributed by atoms with Gasteiger partial charge in [0.25, 0.3) is 0 Å². The van der Waals surface area contributed by atoms with E-state index in [1.165, 1.54) is 0 Å². The zero-order valence-electron chi connectivity index (χ0n) is 25.6.